The molecule has 2 aromatic rings. The highest BCUT2D eigenvalue weighted by Gasteiger charge is 2.35. The van der Waals surface area contributed by atoms with Crippen LogP contribution in [0.5, 0.6) is 0 Å². The van der Waals surface area contributed by atoms with Gasteiger partial charge in [-0.1, -0.05) is 37.0 Å². The fraction of sp³-hybridized carbons (Fsp3) is 0.200. The molecule has 152 valence electrons. The van der Waals surface area contributed by atoms with Crippen LogP contribution in [0.1, 0.15) is 25.0 Å². The van der Waals surface area contributed by atoms with Crippen LogP contribution < -0.4 is 0 Å². The van der Waals surface area contributed by atoms with Crippen LogP contribution in [-0.2, 0) is 5.41 Å². The maximum Gasteiger partial charge on any atom is 0.295 e. The largest absolute Gasteiger partial charge is 0.295 e. The van der Waals surface area contributed by atoms with Crippen LogP contribution >= 0.6 is 23.2 Å². The summed E-state index contributed by atoms with van der Waals surface area (Å²) in [6, 6.07) is 3.90. The first kappa shape index (κ1) is 21.9. The van der Waals surface area contributed by atoms with Crippen molar-refractivity contribution in [3.05, 3.63) is 85.9 Å². The van der Waals surface area contributed by atoms with E-state index in [1.54, 1.807) is 0 Å². The molecular weight excluding hydrogens is 435 g/mol. The van der Waals surface area contributed by atoms with E-state index in [9.17, 15) is 40.5 Å². The molecule has 0 aliphatic heterocycles. The van der Waals surface area contributed by atoms with Crippen molar-refractivity contribution >= 4 is 46.0 Å². The molecule has 0 atom stereocenters. The Labute approximate surface area is 171 Å². The highest BCUT2D eigenvalue weighted by Crippen LogP contribution is 2.44. The summed E-state index contributed by atoms with van der Waals surface area (Å²) >= 11 is 11.5. The third kappa shape index (κ3) is 3.93. The SMILES string of the molecule is CC(C)(c1cc([N+](=O)[O-])c(Cl)c([N+](=O)[O-])c1)c1cc([N+](=O)[O-])c(Cl)c([N+](=O)[O-])c1. The molecule has 0 fully saturated rings. The maximum atomic E-state index is 11.2. The second-order valence-electron chi connectivity index (χ2n) is 6.31. The van der Waals surface area contributed by atoms with Gasteiger partial charge in [0.2, 0.25) is 0 Å². The van der Waals surface area contributed by atoms with Gasteiger partial charge in [-0.2, -0.15) is 0 Å². The minimum Gasteiger partial charge on any atom is -0.258 e. The van der Waals surface area contributed by atoms with Crippen LogP contribution in [0.3, 0.4) is 0 Å². The van der Waals surface area contributed by atoms with E-state index in [0.717, 1.165) is 24.3 Å². The van der Waals surface area contributed by atoms with Crippen molar-refractivity contribution in [2.45, 2.75) is 19.3 Å². The van der Waals surface area contributed by atoms with E-state index in [1.165, 1.54) is 13.8 Å². The summed E-state index contributed by atoms with van der Waals surface area (Å²) < 4.78 is 0. The molecule has 14 heteroatoms. The van der Waals surface area contributed by atoms with Gasteiger partial charge in [-0.3, -0.25) is 40.5 Å². The zero-order chi connectivity index (χ0) is 22.3. The van der Waals surface area contributed by atoms with E-state index < -0.39 is 57.9 Å². The Bertz CT molecular complexity index is 932. The van der Waals surface area contributed by atoms with Crippen molar-refractivity contribution in [1.82, 2.24) is 0 Å². The molecule has 0 radical (unpaired) electrons. The Morgan fingerprint density at radius 2 is 0.828 bits per heavy atom. The van der Waals surface area contributed by atoms with Gasteiger partial charge >= 0.3 is 0 Å². The number of nitro benzene ring substituents is 4. The molecule has 29 heavy (non-hydrogen) atoms. The smallest absolute Gasteiger partial charge is 0.258 e. The number of benzene rings is 2. The van der Waals surface area contributed by atoms with E-state index in [0.29, 0.717) is 0 Å². The summed E-state index contributed by atoms with van der Waals surface area (Å²) in [5.41, 5.74) is -4.37. The molecule has 0 bridgehead atoms. The van der Waals surface area contributed by atoms with E-state index in [-0.39, 0.29) is 11.1 Å². The molecular formula is C15H10Cl2N4O8. The van der Waals surface area contributed by atoms with E-state index in [2.05, 4.69) is 0 Å². The van der Waals surface area contributed by atoms with Crippen LogP contribution in [0.15, 0.2) is 24.3 Å². The number of halogens is 2. The van der Waals surface area contributed by atoms with E-state index >= 15 is 0 Å². The average Bonchev–Trinajstić information content (AvgIpc) is 2.60. The van der Waals surface area contributed by atoms with Gasteiger partial charge in [0.25, 0.3) is 22.7 Å². The van der Waals surface area contributed by atoms with Crippen LogP contribution in [0.4, 0.5) is 22.7 Å². The molecule has 0 aliphatic carbocycles. The van der Waals surface area contributed by atoms with Crippen molar-refractivity contribution in [3.63, 3.8) is 0 Å². The van der Waals surface area contributed by atoms with Gasteiger partial charge in [-0.05, 0) is 11.1 Å². The van der Waals surface area contributed by atoms with Crippen LogP contribution in [0.2, 0.25) is 10.0 Å². The summed E-state index contributed by atoms with van der Waals surface area (Å²) in [5.74, 6) is 0. The third-order valence-electron chi connectivity index (χ3n) is 4.30. The Kier molecular flexibility index (Phi) is 5.71. The van der Waals surface area contributed by atoms with Gasteiger partial charge in [0, 0.05) is 29.7 Å². The topological polar surface area (TPSA) is 173 Å². The number of hydrogen-bond donors (Lipinski definition) is 0. The zero-order valence-corrected chi connectivity index (χ0v) is 16.1. The van der Waals surface area contributed by atoms with Crippen molar-refractivity contribution < 1.29 is 19.7 Å². The normalized spacial score (nSPS) is 11.2. The van der Waals surface area contributed by atoms with Crippen LogP contribution in [0.25, 0.3) is 0 Å². The molecule has 0 amide bonds. The number of rotatable bonds is 6. The minimum absolute atomic E-state index is 0.00813. The monoisotopic (exact) mass is 444 g/mol. The second kappa shape index (κ2) is 7.56. The molecule has 0 saturated heterocycles. The fourth-order valence-electron chi connectivity index (χ4n) is 2.61. The number of hydrogen-bond acceptors (Lipinski definition) is 8. The predicted molar refractivity (Wildman–Crippen MR) is 102 cm³/mol. The van der Waals surface area contributed by atoms with Crippen molar-refractivity contribution in [3.8, 4) is 0 Å². The first-order valence-corrected chi connectivity index (χ1v) is 8.30. The van der Waals surface area contributed by atoms with E-state index in [1.807, 2.05) is 0 Å². The summed E-state index contributed by atoms with van der Waals surface area (Å²) in [7, 11) is 0. The van der Waals surface area contributed by atoms with Gasteiger partial charge in [-0.15, -0.1) is 0 Å². The summed E-state index contributed by atoms with van der Waals surface area (Å²) in [6.07, 6.45) is 0. The number of nitro groups is 4. The molecule has 0 aromatic heterocycles. The lowest BCUT2D eigenvalue weighted by Gasteiger charge is -2.25. The highest BCUT2D eigenvalue weighted by atomic mass is 35.5. The lowest BCUT2D eigenvalue weighted by molar-refractivity contribution is -0.394. The van der Waals surface area contributed by atoms with Gasteiger partial charge in [0.15, 0.2) is 10.0 Å². The predicted octanol–water partition coefficient (Wildman–Crippen LogP) is 4.95. The van der Waals surface area contributed by atoms with Gasteiger partial charge in [0.05, 0.1) is 19.7 Å². The third-order valence-corrected chi connectivity index (χ3v) is 5.07. The van der Waals surface area contributed by atoms with Crippen molar-refractivity contribution in [1.29, 1.82) is 0 Å². The molecule has 2 aromatic carbocycles. The van der Waals surface area contributed by atoms with Crippen LogP contribution in [0, 0.1) is 40.5 Å². The molecule has 0 saturated carbocycles. The lowest BCUT2D eigenvalue weighted by Crippen LogP contribution is -2.20. The number of nitrogens with zero attached hydrogens (tertiary/aromatic N) is 4. The highest BCUT2D eigenvalue weighted by molar-refractivity contribution is 6.35. The minimum atomic E-state index is -1.36. The lowest BCUT2D eigenvalue weighted by atomic mass is 9.77. The molecule has 0 aliphatic rings. The van der Waals surface area contributed by atoms with Crippen molar-refractivity contribution in [2.24, 2.45) is 0 Å². The van der Waals surface area contributed by atoms with Gasteiger partial charge in [0.1, 0.15) is 0 Å². The zero-order valence-electron chi connectivity index (χ0n) is 14.6. The molecule has 0 N–H and O–H groups in total. The van der Waals surface area contributed by atoms with Crippen LogP contribution in [-0.4, -0.2) is 19.7 Å². The Balaban J connectivity index is 2.85. The van der Waals surface area contributed by atoms with Gasteiger partial charge in [-0.25, -0.2) is 0 Å². The maximum absolute atomic E-state index is 11.2. The average molecular weight is 445 g/mol. The van der Waals surface area contributed by atoms with Crippen molar-refractivity contribution in [2.75, 3.05) is 0 Å². The molecule has 0 unspecified atom stereocenters. The Morgan fingerprint density at radius 3 is 1.00 bits per heavy atom. The quantitative estimate of drug-likeness (QED) is 0.443. The first-order valence-electron chi connectivity index (χ1n) is 7.54. The molecule has 0 heterocycles. The summed E-state index contributed by atoms with van der Waals surface area (Å²) in [4.78, 5) is 41.3. The Hall–Kier alpha value is -3.38. The second-order valence-corrected chi connectivity index (χ2v) is 7.07. The molecule has 0 spiro atoms. The summed E-state index contributed by atoms with van der Waals surface area (Å²) in [6.45, 7) is 2.86. The van der Waals surface area contributed by atoms with Gasteiger partial charge < -0.3 is 0 Å². The molecule has 12 nitrogen and oxygen atoms in total. The summed E-state index contributed by atoms with van der Waals surface area (Å²) in [5, 5.41) is 43.6. The fourth-order valence-corrected chi connectivity index (χ4v) is 3.10. The Morgan fingerprint density at radius 1 is 0.621 bits per heavy atom. The van der Waals surface area contributed by atoms with E-state index in [4.69, 9.17) is 23.2 Å². The first-order chi connectivity index (χ1) is 13.3. The standard InChI is InChI=1S/C15H10Cl2N4O8/c1-15(2,7-3-9(18(22)23)13(16)10(4-7)19(24)25)8-5-11(20(26)27)14(17)12(6-8)21(28)29/h3-6H,1-2H3. The molecule has 2 rings (SSSR count).